The second-order valence-electron chi connectivity index (χ2n) is 6.32. The lowest BCUT2D eigenvalue weighted by molar-refractivity contribution is -0.130. The molecule has 1 saturated carbocycles. The van der Waals surface area contributed by atoms with Crippen LogP contribution in [0, 0.1) is 11.8 Å². The van der Waals surface area contributed by atoms with E-state index in [4.69, 9.17) is 4.74 Å². The van der Waals surface area contributed by atoms with E-state index in [0.717, 1.165) is 38.5 Å². The van der Waals surface area contributed by atoms with Crippen LogP contribution in [-0.2, 0) is 9.53 Å². The van der Waals surface area contributed by atoms with Crippen molar-refractivity contribution in [1.29, 1.82) is 0 Å². The number of hydrogen-bond donors (Lipinski definition) is 2. The fraction of sp³-hybridized carbons (Fsp3) is 0.933. The molecular weight excluding hydrogens is 242 g/mol. The predicted molar refractivity (Wildman–Crippen MR) is 73.7 cm³/mol. The highest BCUT2D eigenvalue weighted by atomic mass is 16.5. The highest BCUT2D eigenvalue weighted by Gasteiger charge is 2.39. The molecule has 0 aromatic heterocycles. The summed E-state index contributed by atoms with van der Waals surface area (Å²) in [7, 11) is 0. The Morgan fingerprint density at radius 3 is 2.63 bits per heavy atom. The lowest BCUT2D eigenvalue weighted by Gasteiger charge is -2.39. The van der Waals surface area contributed by atoms with Crippen LogP contribution in [0.2, 0.25) is 0 Å². The molecule has 19 heavy (non-hydrogen) atoms. The van der Waals surface area contributed by atoms with E-state index in [1.54, 1.807) is 0 Å². The summed E-state index contributed by atoms with van der Waals surface area (Å²) >= 11 is 0. The first kappa shape index (κ1) is 14.8. The largest absolute Gasteiger partial charge is 0.394 e. The monoisotopic (exact) mass is 269 g/mol. The highest BCUT2D eigenvalue weighted by Crippen LogP contribution is 2.33. The van der Waals surface area contributed by atoms with Crippen molar-refractivity contribution >= 4 is 5.91 Å². The second-order valence-corrected chi connectivity index (χ2v) is 6.32. The Labute approximate surface area is 115 Å². The molecule has 0 bridgehead atoms. The Hall–Kier alpha value is -0.610. The Morgan fingerprint density at radius 1 is 1.37 bits per heavy atom. The lowest BCUT2D eigenvalue weighted by Crippen LogP contribution is -2.55. The second kappa shape index (κ2) is 6.23. The van der Waals surface area contributed by atoms with E-state index < -0.39 is 0 Å². The van der Waals surface area contributed by atoms with Crippen LogP contribution in [0.5, 0.6) is 0 Å². The van der Waals surface area contributed by atoms with Crippen molar-refractivity contribution in [3.8, 4) is 0 Å². The number of aliphatic hydroxyl groups is 1. The van der Waals surface area contributed by atoms with E-state index in [1.165, 1.54) is 0 Å². The summed E-state index contributed by atoms with van der Waals surface area (Å²) in [5.41, 5.74) is -0.384. The fourth-order valence-corrected chi connectivity index (χ4v) is 3.34. The molecule has 4 heteroatoms. The minimum atomic E-state index is -0.384. The van der Waals surface area contributed by atoms with Crippen molar-refractivity contribution in [3.63, 3.8) is 0 Å². The van der Waals surface area contributed by atoms with Gasteiger partial charge in [-0.1, -0.05) is 13.8 Å². The maximum Gasteiger partial charge on any atom is 0.226 e. The SMILES string of the molecule is CCC1OCCC1C(=O)NC1(CO)CCC(C)CC1. The molecule has 1 aliphatic heterocycles. The maximum atomic E-state index is 12.4. The van der Waals surface area contributed by atoms with Gasteiger partial charge in [-0.3, -0.25) is 4.79 Å². The molecule has 2 unspecified atom stereocenters. The van der Waals surface area contributed by atoms with Crippen molar-refractivity contribution in [1.82, 2.24) is 5.32 Å². The summed E-state index contributed by atoms with van der Waals surface area (Å²) in [6.07, 6.45) is 5.68. The highest BCUT2D eigenvalue weighted by molar-refractivity contribution is 5.80. The molecule has 4 nitrogen and oxygen atoms in total. The topological polar surface area (TPSA) is 58.6 Å². The lowest BCUT2D eigenvalue weighted by atomic mass is 9.77. The van der Waals surface area contributed by atoms with Crippen molar-refractivity contribution in [2.24, 2.45) is 11.8 Å². The molecular formula is C15H27NO3. The summed E-state index contributed by atoms with van der Waals surface area (Å²) in [6.45, 7) is 5.02. The molecule has 0 aromatic carbocycles. The van der Waals surface area contributed by atoms with Gasteiger partial charge in [0.25, 0.3) is 0 Å². The number of rotatable bonds is 4. The third kappa shape index (κ3) is 3.29. The molecule has 2 N–H and O–H groups in total. The van der Waals surface area contributed by atoms with Gasteiger partial charge in [-0.25, -0.2) is 0 Å². The maximum absolute atomic E-state index is 12.4. The van der Waals surface area contributed by atoms with E-state index >= 15 is 0 Å². The minimum Gasteiger partial charge on any atom is -0.394 e. The van der Waals surface area contributed by atoms with Gasteiger partial charge in [-0.05, 0) is 44.4 Å². The molecule has 1 amide bonds. The summed E-state index contributed by atoms with van der Waals surface area (Å²) < 4.78 is 5.59. The van der Waals surface area contributed by atoms with Crippen LogP contribution in [-0.4, -0.2) is 35.9 Å². The van der Waals surface area contributed by atoms with Crippen LogP contribution in [0.3, 0.4) is 0 Å². The Kier molecular flexibility index (Phi) is 4.85. The van der Waals surface area contributed by atoms with Crippen LogP contribution in [0.4, 0.5) is 0 Å². The predicted octanol–water partition coefficient (Wildman–Crippen LogP) is 1.86. The van der Waals surface area contributed by atoms with Crippen LogP contribution in [0.25, 0.3) is 0 Å². The number of carbonyl (C=O) groups excluding carboxylic acids is 1. The first-order valence-corrected chi connectivity index (χ1v) is 7.64. The van der Waals surface area contributed by atoms with Gasteiger partial charge in [0, 0.05) is 6.61 Å². The quantitative estimate of drug-likeness (QED) is 0.819. The Bertz CT molecular complexity index is 311. The van der Waals surface area contributed by atoms with E-state index in [1.807, 2.05) is 0 Å². The minimum absolute atomic E-state index is 0.0345. The third-order valence-corrected chi connectivity index (χ3v) is 4.87. The van der Waals surface area contributed by atoms with Crippen LogP contribution in [0.1, 0.15) is 52.4 Å². The number of nitrogens with one attached hydrogen (secondary N) is 1. The van der Waals surface area contributed by atoms with E-state index in [0.29, 0.717) is 12.5 Å². The molecule has 1 saturated heterocycles. The van der Waals surface area contributed by atoms with E-state index in [-0.39, 0.29) is 30.1 Å². The molecule has 2 fully saturated rings. The number of hydrogen-bond acceptors (Lipinski definition) is 3. The van der Waals surface area contributed by atoms with Gasteiger partial charge < -0.3 is 15.2 Å². The molecule has 110 valence electrons. The summed E-state index contributed by atoms with van der Waals surface area (Å²) in [5, 5.41) is 12.8. The van der Waals surface area contributed by atoms with Crippen LogP contribution < -0.4 is 5.32 Å². The van der Waals surface area contributed by atoms with Crippen molar-refractivity contribution in [3.05, 3.63) is 0 Å². The molecule has 1 aliphatic carbocycles. The van der Waals surface area contributed by atoms with E-state index in [2.05, 4.69) is 19.2 Å². The molecule has 0 spiro atoms. The Balaban J connectivity index is 1.96. The van der Waals surface area contributed by atoms with Gasteiger partial charge in [0.15, 0.2) is 0 Å². The summed E-state index contributed by atoms with van der Waals surface area (Å²) in [4.78, 5) is 12.4. The van der Waals surface area contributed by atoms with Gasteiger partial charge in [0.05, 0.1) is 24.2 Å². The smallest absolute Gasteiger partial charge is 0.226 e. The molecule has 1 heterocycles. The zero-order valence-electron chi connectivity index (χ0n) is 12.2. The van der Waals surface area contributed by atoms with Crippen LogP contribution in [0.15, 0.2) is 0 Å². The number of carbonyl (C=O) groups is 1. The number of ether oxygens (including phenoxy) is 1. The van der Waals surface area contributed by atoms with Gasteiger partial charge >= 0.3 is 0 Å². The number of amides is 1. The van der Waals surface area contributed by atoms with Crippen molar-refractivity contribution < 1.29 is 14.6 Å². The zero-order chi connectivity index (χ0) is 13.9. The first-order valence-electron chi connectivity index (χ1n) is 7.64. The molecule has 0 radical (unpaired) electrons. The normalized spacial score (nSPS) is 39.2. The average molecular weight is 269 g/mol. The fourth-order valence-electron chi connectivity index (χ4n) is 3.34. The Morgan fingerprint density at radius 2 is 2.05 bits per heavy atom. The first-order chi connectivity index (χ1) is 9.10. The summed E-state index contributed by atoms with van der Waals surface area (Å²) in [6, 6.07) is 0. The van der Waals surface area contributed by atoms with Crippen molar-refractivity contribution in [2.45, 2.75) is 64.0 Å². The van der Waals surface area contributed by atoms with Gasteiger partial charge in [-0.2, -0.15) is 0 Å². The van der Waals surface area contributed by atoms with Crippen molar-refractivity contribution in [2.75, 3.05) is 13.2 Å². The standard InChI is InChI=1S/C15H27NO3/c1-3-13-12(6-9-19-13)14(18)16-15(10-17)7-4-11(2)5-8-15/h11-13,17H,3-10H2,1-2H3,(H,16,18). The zero-order valence-corrected chi connectivity index (χ0v) is 12.2. The molecule has 2 aliphatic rings. The van der Waals surface area contributed by atoms with Gasteiger partial charge in [0.1, 0.15) is 0 Å². The molecule has 0 aromatic rings. The van der Waals surface area contributed by atoms with Crippen LogP contribution >= 0.6 is 0 Å². The van der Waals surface area contributed by atoms with Gasteiger partial charge in [0.2, 0.25) is 5.91 Å². The number of aliphatic hydroxyl groups excluding tert-OH is 1. The molecule has 2 rings (SSSR count). The van der Waals surface area contributed by atoms with E-state index in [9.17, 15) is 9.90 Å². The summed E-state index contributed by atoms with van der Waals surface area (Å²) in [5.74, 6) is 0.746. The van der Waals surface area contributed by atoms with Gasteiger partial charge in [-0.15, -0.1) is 0 Å². The molecule has 2 atom stereocenters. The average Bonchev–Trinajstić information content (AvgIpc) is 2.90. The third-order valence-electron chi connectivity index (χ3n) is 4.87.